The standard InChI is InChI=1S/C26H34N2O9S/c1-18(29)35-24-17-25(3,36-19(2)30)16-21-12-11-20-8-6-14-27(15-7-13-26(20,21)24)37-38(33,34)23-10-5-4-9-22(23)28(31)32/h4-5,9-11,21,24H,6-8,12-17H2,1-3H3/t21-,24+,25+,26-/m1/s1. The van der Waals surface area contributed by atoms with Crippen LogP contribution in [0.15, 0.2) is 40.8 Å². The SMILES string of the molecule is CC(=O)O[C@H]1C[C@@](C)(OC(C)=O)C[C@H]2CC=C3CCCN(OS(=O)(=O)c4ccccc4[N+](=O)[O-])CCC[C@@]321. The first kappa shape index (κ1) is 28.2. The topological polar surface area (TPSA) is 142 Å². The van der Waals surface area contributed by atoms with Gasteiger partial charge in [0.2, 0.25) is 0 Å². The highest BCUT2D eigenvalue weighted by molar-refractivity contribution is 7.86. The molecule has 2 aliphatic carbocycles. The first-order valence-electron chi connectivity index (χ1n) is 12.9. The maximum atomic E-state index is 13.0. The third kappa shape index (κ3) is 5.62. The summed E-state index contributed by atoms with van der Waals surface area (Å²) in [6.07, 6.45) is 5.93. The lowest BCUT2D eigenvalue weighted by molar-refractivity contribution is -0.388. The predicted octanol–water partition coefficient (Wildman–Crippen LogP) is 4.07. The van der Waals surface area contributed by atoms with Crippen molar-refractivity contribution in [1.82, 2.24) is 5.06 Å². The molecule has 0 amide bonds. The van der Waals surface area contributed by atoms with E-state index in [1.54, 1.807) is 0 Å². The van der Waals surface area contributed by atoms with Crippen LogP contribution in [0.1, 0.15) is 65.7 Å². The summed E-state index contributed by atoms with van der Waals surface area (Å²) >= 11 is 0. The molecule has 11 nitrogen and oxygen atoms in total. The quantitative estimate of drug-likeness (QED) is 0.220. The normalized spacial score (nSPS) is 30.0. The molecule has 1 aromatic rings. The van der Waals surface area contributed by atoms with Crippen molar-refractivity contribution < 1.29 is 36.7 Å². The van der Waals surface area contributed by atoms with Crippen LogP contribution in [0.3, 0.4) is 0 Å². The van der Waals surface area contributed by atoms with Gasteiger partial charge in [-0.3, -0.25) is 19.7 Å². The molecule has 1 spiro atoms. The molecule has 0 radical (unpaired) electrons. The number of hydrogen-bond acceptors (Lipinski definition) is 10. The summed E-state index contributed by atoms with van der Waals surface area (Å²) in [4.78, 5) is 34.1. The zero-order chi connectivity index (χ0) is 27.7. The minimum absolute atomic E-state index is 0.100. The number of nitro benzene ring substituents is 1. The van der Waals surface area contributed by atoms with Crippen molar-refractivity contribution in [2.45, 2.75) is 82.3 Å². The Balaban J connectivity index is 1.57. The Morgan fingerprint density at radius 1 is 1.11 bits per heavy atom. The smallest absolute Gasteiger partial charge is 0.319 e. The number of ether oxygens (including phenoxy) is 2. The van der Waals surface area contributed by atoms with Crippen molar-refractivity contribution >= 4 is 27.7 Å². The van der Waals surface area contributed by atoms with Gasteiger partial charge in [0.1, 0.15) is 11.7 Å². The summed E-state index contributed by atoms with van der Waals surface area (Å²) in [7, 11) is -4.42. The van der Waals surface area contributed by atoms with E-state index in [9.17, 15) is 28.1 Å². The van der Waals surface area contributed by atoms with Gasteiger partial charge in [0.05, 0.1) is 4.92 Å². The fraction of sp³-hybridized carbons (Fsp3) is 0.615. The van der Waals surface area contributed by atoms with Gasteiger partial charge in [0.25, 0.3) is 5.69 Å². The summed E-state index contributed by atoms with van der Waals surface area (Å²) in [5, 5.41) is 12.7. The third-order valence-electron chi connectivity index (χ3n) is 7.93. The summed E-state index contributed by atoms with van der Waals surface area (Å²) in [6.45, 7) is 5.21. The summed E-state index contributed by atoms with van der Waals surface area (Å²) in [5.41, 5.74) is -0.544. The Bertz CT molecular complexity index is 1250. The molecular weight excluding hydrogens is 516 g/mol. The van der Waals surface area contributed by atoms with E-state index in [1.165, 1.54) is 36.6 Å². The van der Waals surface area contributed by atoms with Crippen molar-refractivity contribution in [1.29, 1.82) is 0 Å². The summed E-state index contributed by atoms with van der Waals surface area (Å²) < 4.78 is 43.0. The third-order valence-corrected chi connectivity index (χ3v) is 9.22. The molecule has 0 N–H and O–H groups in total. The summed E-state index contributed by atoms with van der Waals surface area (Å²) in [6, 6.07) is 5.10. The first-order valence-corrected chi connectivity index (χ1v) is 14.3. The molecule has 3 aliphatic rings. The minimum Gasteiger partial charge on any atom is -0.461 e. The monoisotopic (exact) mass is 550 g/mol. The van der Waals surface area contributed by atoms with Crippen LogP contribution in [0.2, 0.25) is 0 Å². The number of allylic oxidation sites excluding steroid dienone is 1. The van der Waals surface area contributed by atoms with Crippen LogP contribution in [0.5, 0.6) is 0 Å². The van der Waals surface area contributed by atoms with Crippen molar-refractivity contribution in [2.75, 3.05) is 13.1 Å². The van der Waals surface area contributed by atoms with Crippen LogP contribution < -0.4 is 0 Å². The zero-order valence-corrected chi connectivity index (χ0v) is 22.7. The maximum Gasteiger partial charge on any atom is 0.319 e. The van der Waals surface area contributed by atoms with E-state index in [1.807, 2.05) is 6.92 Å². The molecule has 1 saturated heterocycles. The van der Waals surface area contributed by atoms with Gasteiger partial charge in [-0.1, -0.05) is 23.8 Å². The molecule has 1 saturated carbocycles. The van der Waals surface area contributed by atoms with Gasteiger partial charge in [-0.2, -0.15) is 17.8 Å². The van der Waals surface area contributed by atoms with Crippen molar-refractivity contribution in [3.63, 3.8) is 0 Å². The Kier molecular flexibility index (Phi) is 7.96. The fourth-order valence-corrected chi connectivity index (χ4v) is 7.83. The molecule has 38 heavy (non-hydrogen) atoms. The van der Waals surface area contributed by atoms with Crippen LogP contribution >= 0.6 is 0 Å². The lowest BCUT2D eigenvalue weighted by Crippen LogP contribution is -2.55. The largest absolute Gasteiger partial charge is 0.461 e. The molecule has 2 fully saturated rings. The van der Waals surface area contributed by atoms with Gasteiger partial charge in [-0.15, -0.1) is 0 Å². The van der Waals surface area contributed by atoms with Crippen LogP contribution in [-0.2, 0) is 33.5 Å². The van der Waals surface area contributed by atoms with Crippen LogP contribution in [0.4, 0.5) is 5.69 Å². The van der Waals surface area contributed by atoms with Gasteiger partial charge in [0, 0.05) is 44.8 Å². The lowest BCUT2D eigenvalue weighted by Gasteiger charge is -2.52. The van der Waals surface area contributed by atoms with Gasteiger partial charge >= 0.3 is 22.1 Å². The van der Waals surface area contributed by atoms with E-state index < -0.39 is 48.7 Å². The van der Waals surface area contributed by atoms with E-state index in [0.717, 1.165) is 18.6 Å². The van der Waals surface area contributed by atoms with Gasteiger partial charge < -0.3 is 9.47 Å². The summed E-state index contributed by atoms with van der Waals surface area (Å²) in [5.74, 6) is -0.678. The maximum absolute atomic E-state index is 13.0. The fourth-order valence-electron chi connectivity index (χ4n) is 6.68. The molecule has 12 heteroatoms. The van der Waals surface area contributed by atoms with Gasteiger partial charge in [-0.25, -0.2) is 0 Å². The van der Waals surface area contributed by atoms with Crippen molar-refractivity contribution in [3.05, 3.63) is 46.0 Å². The van der Waals surface area contributed by atoms with Gasteiger partial charge in [-0.05, 0) is 57.4 Å². The number of para-hydroxylation sites is 1. The van der Waals surface area contributed by atoms with E-state index in [4.69, 9.17) is 13.8 Å². The van der Waals surface area contributed by atoms with Crippen LogP contribution in [-0.4, -0.2) is 55.1 Å². The number of carbonyl (C=O) groups is 2. The molecule has 4 rings (SSSR count). The number of rotatable bonds is 6. The van der Waals surface area contributed by atoms with E-state index >= 15 is 0 Å². The van der Waals surface area contributed by atoms with E-state index in [-0.39, 0.29) is 18.4 Å². The number of benzene rings is 1. The predicted molar refractivity (Wildman–Crippen MR) is 135 cm³/mol. The molecule has 208 valence electrons. The van der Waals surface area contributed by atoms with Gasteiger partial charge in [0.15, 0.2) is 4.90 Å². The number of hydroxylamine groups is 2. The number of carbonyl (C=O) groups excluding carboxylic acids is 2. The minimum atomic E-state index is -4.42. The van der Waals surface area contributed by atoms with E-state index in [0.29, 0.717) is 45.1 Å². The molecule has 1 aliphatic heterocycles. The number of nitrogens with zero attached hydrogens (tertiary/aromatic N) is 2. The molecule has 4 atom stereocenters. The number of hydrogen-bond donors (Lipinski definition) is 0. The molecule has 0 unspecified atom stereocenters. The molecule has 0 bridgehead atoms. The highest BCUT2D eigenvalue weighted by Gasteiger charge is 2.59. The van der Waals surface area contributed by atoms with Crippen LogP contribution in [0.25, 0.3) is 0 Å². The van der Waals surface area contributed by atoms with Crippen molar-refractivity contribution in [3.8, 4) is 0 Å². The molecule has 1 heterocycles. The second-order valence-electron chi connectivity index (χ2n) is 10.6. The Morgan fingerprint density at radius 3 is 2.50 bits per heavy atom. The van der Waals surface area contributed by atoms with E-state index in [2.05, 4.69) is 6.08 Å². The van der Waals surface area contributed by atoms with Crippen molar-refractivity contribution in [2.24, 2.45) is 11.3 Å². The highest BCUT2D eigenvalue weighted by atomic mass is 32.2. The Morgan fingerprint density at radius 2 is 1.82 bits per heavy atom. The number of esters is 2. The first-order chi connectivity index (χ1) is 17.9. The average molecular weight is 551 g/mol. The number of nitro groups is 1. The second-order valence-corrected chi connectivity index (χ2v) is 12.1. The second kappa shape index (κ2) is 10.7. The Labute approximate surface area is 222 Å². The Hall–Kier alpha value is -2.83. The lowest BCUT2D eigenvalue weighted by atomic mass is 9.57. The van der Waals surface area contributed by atoms with Crippen LogP contribution in [0, 0.1) is 21.4 Å². The molecule has 1 aromatic carbocycles. The zero-order valence-electron chi connectivity index (χ0n) is 21.9. The average Bonchev–Trinajstić information content (AvgIpc) is 3.18. The highest BCUT2D eigenvalue weighted by Crippen LogP contribution is 2.60. The molecule has 0 aromatic heterocycles. The molecular formula is C26H34N2O9S.